The van der Waals surface area contributed by atoms with Crippen molar-refractivity contribution < 1.29 is 0 Å². The lowest BCUT2D eigenvalue weighted by Gasteiger charge is -2.32. The number of rotatable bonds is 22. The van der Waals surface area contributed by atoms with Gasteiger partial charge in [-0.3, -0.25) is 4.90 Å². The largest absolute Gasteiger partial charge is 0.296 e. The summed E-state index contributed by atoms with van der Waals surface area (Å²) < 4.78 is 0. The summed E-state index contributed by atoms with van der Waals surface area (Å²) in [6.45, 7) is 11.1. The van der Waals surface area contributed by atoms with Crippen LogP contribution in [0.5, 0.6) is 0 Å². The third-order valence-corrected chi connectivity index (χ3v) is 6.61. The Hall–Kier alpha value is -0.790. The zero-order valence-corrected chi connectivity index (χ0v) is 22.4. The Bertz CT molecular complexity index is 481. The molecule has 1 atom stereocenters. The first-order chi connectivity index (χ1) is 15.3. The van der Waals surface area contributed by atoms with Crippen LogP contribution in [0.3, 0.4) is 0 Å². The highest BCUT2D eigenvalue weighted by Crippen LogP contribution is 2.26. The average molecular weight is 464 g/mol. The molecule has 0 fully saturated rings. The summed E-state index contributed by atoms with van der Waals surface area (Å²) >= 11 is 0. The van der Waals surface area contributed by atoms with Gasteiger partial charge in [0, 0.05) is 6.04 Å². The maximum Gasteiger partial charge on any atom is 0.0382 e. The maximum atomic E-state index is 4.07. The van der Waals surface area contributed by atoms with Gasteiger partial charge < -0.3 is 0 Å². The summed E-state index contributed by atoms with van der Waals surface area (Å²) in [6.07, 6.45) is 25.5. The van der Waals surface area contributed by atoms with E-state index in [4.69, 9.17) is 0 Å². The third-order valence-electron chi connectivity index (χ3n) is 6.61. The first-order valence-corrected chi connectivity index (χ1v) is 13.7. The number of hydrogen-bond donors (Lipinski definition) is 0. The van der Waals surface area contributed by atoms with Crippen molar-refractivity contribution in [3.05, 3.63) is 48.6 Å². The van der Waals surface area contributed by atoms with Crippen LogP contribution in [0.1, 0.15) is 135 Å². The van der Waals surface area contributed by atoms with Gasteiger partial charge in [-0.15, -0.1) is 19.0 Å². The fraction of sp³-hybridized carbons (Fsp3) is 0.733. The molecule has 0 saturated carbocycles. The highest BCUT2D eigenvalue weighted by atomic mass is 35.5. The van der Waals surface area contributed by atoms with Crippen LogP contribution < -0.4 is 0 Å². The van der Waals surface area contributed by atoms with E-state index in [1.807, 2.05) is 0 Å². The van der Waals surface area contributed by atoms with Gasteiger partial charge >= 0.3 is 0 Å². The van der Waals surface area contributed by atoms with Gasteiger partial charge in [0.25, 0.3) is 0 Å². The SMILES string of the molecule is C=CCC(c1ccccc1)N(CCCCCCCCCC)CCCCCCCCCC.Cl. The van der Waals surface area contributed by atoms with Crippen molar-refractivity contribution in [3.8, 4) is 0 Å². The van der Waals surface area contributed by atoms with Gasteiger partial charge in [0.15, 0.2) is 0 Å². The molecule has 0 aliphatic rings. The van der Waals surface area contributed by atoms with Gasteiger partial charge in [0.2, 0.25) is 0 Å². The highest BCUT2D eigenvalue weighted by molar-refractivity contribution is 5.85. The molecular formula is C30H54ClN. The summed E-state index contributed by atoms with van der Waals surface area (Å²) in [5, 5.41) is 0. The van der Waals surface area contributed by atoms with E-state index < -0.39 is 0 Å². The second kappa shape index (κ2) is 23.4. The molecule has 32 heavy (non-hydrogen) atoms. The van der Waals surface area contributed by atoms with Gasteiger partial charge in [-0.25, -0.2) is 0 Å². The third kappa shape index (κ3) is 15.9. The van der Waals surface area contributed by atoms with E-state index in [2.05, 4.69) is 61.7 Å². The number of halogens is 1. The van der Waals surface area contributed by atoms with Crippen LogP contribution in [0, 0.1) is 0 Å². The first kappa shape index (κ1) is 31.2. The number of nitrogens with zero attached hydrogens (tertiary/aromatic N) is 1. The summed E-state index contributed by atoms with van der Waals surface area (Å²) in [6, 6.07) is 11.6. The van der Waals surface area contributed by atoms with Crippen molar-refractivity contribution in [2.24, 2.45) is 0 Å². The molecule has 1 aromatic rings. The summed E-state index contributed by atoms with van der Waals surface area (Å²) in [5.41, 5.74) is 1.46. The van der Waals surface area contributed by atoms with Gasteiger partial charge in [-0.05, 0) is 37.9 Å². The van der Waals surface area contributed by atoms with Crippen LogP contribution in [0.25, 0.3) is 0 Å². The molecule has 186 valence electrons. The first-order valence-electron chi connectivity index (χ1n) is 13.7. The Morgan fingerprint density at radius 1 is 0.656 bits per heavy atom. The van der Waals surface area contributed by atoms with Crippen molar-refractivity contribution >= 4 is 12.4 Å². The molecular weight excluding hydrogens is 410 g/mol. The van der Waals surface area contributed by atoms with E-state index in [0.717, 1.165) is 6.42 Å². The molecule has 0 amide bonds. The van der Waals surface area contributed by atoms with E-state index in [1.165, 1.54) is 121 Å². The van der Waals surface area contributed by atoms with Crippen LogP contribution in [0.4, 0.5) is 0 Å². The maximum absolute atomic E-state index is 4.07. The molecule has 0 aromatic heterocycles. The lowest BCUT2D eigenvalue weighted by molar-refractivity contribution is 0.189. The Labute approximate surface area is 207 Å². The molecule has 1 aromatic carbocycles. The molecule has 1 unspecified atom stereocenters. The van der Waals surface area contributed by atoms with E-state index in [-0.39, 0.29) is 12.4 Å². The minimum Gasteiger partial charge on any atom is -0.296 e. The fourth-order valence-electron chi connectivity index (χ4n) is 4.65. The fourth-order valence-corrected chi connectivity index (χ4v) is 4.65. The zero-order valence-electron chi connectivity index (χ0n) is 21.5. The molecule has 1 nitrogen and oxygen atoms in total. The predicted molar refractivity (Wildman–Crippen MR) is 148 cm³/mol. The van der Waals surface area contributed by atoms with Gasteiger partial charge in [-0.1, -0.05) is 140 Å². The van der Waals surface area contributed by atoms with E-state index in [9.17, 15) is 0 Å². The Morgan fingerprint density at radius 3 is 1.47 bits per heavy atom. The number of hydrogen-bond acceptors (Lipinski definition) is 1. The average Bonchev–Trinajstić information content (AvgIpc) is 2.80. The summed E-state index contributed by atoms with van der Waals surface area (Å²) in [5.74, 6) is 0. The lowest BCUT2D eigenvalue weighted by atomic mass is 10.00. The van der Waals surface area contributed by atoms with Crippen molar-refractivity contribution in [2.45, 2.75) is 129 Å². The van der Waals surface area contributed by atoms with E-state index >= 15 is 0 Å². The van der Waals surface area contributed by atoms with Gasteiger partial charge in [0.05, 0.1) is 0 Å². The van der Waals surface area contributed by atoms with Crippen LogP contribution in [-0.2, 0) is 0 Å². The molecule has 0 N–H and O–H groups in total. The zero-order chi connectivity index (χ0) is 22.4. The molecule has 0 aliphatic heterocycles. The predicted octanol–water partition coefficient (Wildman–Crippen LogP) is 10.3. The van der Waals surface area contributed by atoms with Crippen molar-refractivity contribution in [3.63, 3.8) is 0 Å². The molecule has 0 radical (unpaired) electrons. The monoisotopic (exact) mass is 463 g/mol. The molecule has 0 heterocycles. The molecule has 0 aliphatic carbocycles. The van der Waals surface area contributed by atoms with Crippen LogP contribution in [0.2, 0.25) is 0 Å². The standard InChI is InChI=1S/C30H53N.ClH/c1-4-7-9-11-13-15-17-22-27-31(28-23-18-16-14-12-10-8-5-2)30(24-6-3)29-25-20-19-21-26-29;/h6,19-21,25-26,30H,3-5,7-18,22-24,27-28H2,1-2H3;1H. The quantitative estimate of drug-likeness (QED) is 0.122. The lowest BCUT2D eigenvalue weighted by Crippen LogP contribution is -2.31. The van der Waals surface area contributed by atoms with Crippen LogP contribution >= 0.6 is 12.4 Å². The molecule has 1 rings (SSSR count). The van der Waals surface area contributed by atoms with Crippen molar-refractivity contribution in [1.29, 1.82) is 0 Å². The number of benzene rings is 1. The molecule has 0 spiro atoms. The smallest absolute Gasteiger partial charge is 0.0382 e. The normalized spacial score (nSPS) is 12.0. The number of unbranched alkanes of at least 4 members (excludes halogenated alkanes) is 14. The molecule has 0 saturated heterocycles. The van der Waals surface area contributed by atoms with Crippen molar-refractivity contribution in [1.82, 2.24) is 4.90 Å². The van der Waals surface area contributed by atoms with E-state index in [0.29, 0.717) is 6.04 Å². The van der Waals surface area contributed by atoms with Gasteiger partial charge in [0.1, 0.15) is 0 Å². The summed E-state index contributed by atoms with van der Waals surface area (Å²) in [7, 11) is 0. The molecule has 2 heteroatoms. The van der Waals surface area contributed by atoms with Crippen molar-refractivity contribution in [2.75, 3.05) is 13.1 Å². The van der Waals surface area contributed by atoms with Crippen LogP contribution in [0.15, 0.2) is 43.0 Å². The Balaban J connectivity index is 0.00000961. The Kier molecular flexibility index (Phi) is 22.8. The minimum atomic E-state index is 0. The summed E-state index contributed by atoms with van der Waals surface area (Å²) in [4.78, 5) is 2.77. The topological polar surface area (TPSA) is 3.24 Å². The molecule has 0 bridgehead atoms. The second-order valence-electron chi connectivity index (χ2n) is 9.44. The minimum absolute atomic E-state index is 0. The second-order valence-corrected chi connectivity index (χ2v) is 9.44. The van der Waals surface area contributed by atoms with E-state index in [1.54, 1.807) is 0 Å². The highest BCUT2D eigenvalue weighted by Gasteiger charge is 2.18. The van der Waals surface area contributed by atoms with Crippen LogP contribution in [-0.4, -0.2) is 18.0 Å². The Morgan fingerprint density at radius 2 is 1.06 bits per heavy atom. The van der Waals surface area contributed by atoms with Gasteiger partial charge in [-0.2, -0.15) is 0 Å².